The molecule has 0 aliphatic heterocycles. The van der Waals surface area contributed by atoms with Crippen LogP contribution in [0.25, 0.3) is 22.0 Å². The molecule has 0 saturated carbocycles. The average Bonchev–Trinajstić information content (AvgIpc) is 2.79. The number of hydrogen-bond acceptors (Lipinski definition) is 4. The summed E-state index contributed by atoms with van der Waals surface area (Å²) in [4.78, 5) is 12.6. The maximum atomic E-state index is 12.6. The fraction of sp³-hybridized carbons (Fsp3) is 0.125. The van der Waals surface area contributed by atoms with Crippen LogP contribution in [-0.4, -0.2) is 21.4 Å². The van der Waals surface area contributed by atoms with Crippen LogP contribution in [0.4, 0.5) is 0 Å². The lowest BCUT2D eigenvalue weighted by Crippen LogP contribution is -2.30. The van der Waals surface area contributed by atoms with E-state index in [-0.39, 0.29) is 11.2 Å². The largest absolute Gasteiger partial charge is 0.351 e. The number of aromatic nitrogens is 2. The van der Waals surface area contributed by atoms with Crippen molar-refractivity contribution in [1.82, 2.24) is 15.5 Å². The van der Waals surface area contributed by atoms with Gasteiger partial charge in [0.25, 0.3) is 0 Å². The second kappa shape index (κ2) is 8.88. The van der Waals surface area contributed by atoms with Crippen molar-refractivity contribution < 1.29 is 4.79 Å². The van der Waals surface area contributed by atoms with Gasteiger partial charge >= 0.3 is 0 Å². The lowest BCUT2D eigenvalue weighted by atomic mass is 10.1. The van der Waals surface area contributed by atoms with Gasteiger partial charge in [-0.15, -0.1) is 10.2 Å². The molecule has 1 aromatic heterocycles. The maximum absolute atomic E-state index is 12.6. The molecule has 0 aliphatic carbocycles. The molecule has 4 nitrogen and oxygen atoms in total. The molecular formula is C24H21N3OS. The molecule has 144 valence electrons. The highest BCUT2D eigenvalue weighted by Crippen LogP contribution is 2.33. The Balaban J connectivity index is 1.54. The van der Waals surface area contributed by atoms with E-state index < -0.39 is 0 Å². The van der Waals surface area contributed by atoms with Gasteiger partial charge in [0.2, 0.25) is 5.91 Å². The van der Waals surface area contributed by atoms with Crippen LogP contribution >= 0.6 is 11.8 Å². The first-order chi connectivity index (χ1) is 14.2. The quantitative estimate of drug-likeness (QED) is 0.459. The van der Waals surface area contributed by atoms with E-state index in [9.17, 15) is 4.79 Å². The third-order valence-electron chi connectivity index (χ3n) is 4.67. The van der Waals surface area contributed by atoms with Crippen LogP contribution in [0.5, 0.6) is 0 Å². The predicted molar refractivity (Wildman–Crippen MR) is 119 cm³/mol. The van der Waals surface area contributed by atoms with Crippen LogP contribution in [0, 0.1) is 0 Å². The van der Waals surface area contributed by atoms with E-state index in [0.29, 0.717) is 6.54 Å². The number of fused-ring (bicyclic) bond motifs is 1. The summed E-state index contributed by atoms with van der Waals surface area (Å²) >= 11 is 1.43. The van der Waals surface area contributed by atoms with Crippen molar-refractivity contribution in [3.8, 4) is 11.3 Å². The molecule has 0 saturated heterocycles. The molecule has 1 heterocycles. The molecule has 1 atom stereocenters. The molecule has 0 fully saturated rings. The number of carbonyl (C=O) groups is 1. The molecule has 0 radical (unpaired) electrons. The number of nitrogens with one attached hydrogen (secondary N) is 1. The van der Waals surface area contributed by atoms with E-state index in [1.54, 1.807) is 0 Å². The minimum Gasteiger partial charge on any atom is -0.351 e. The van der Waals surface area contributed by atoms with Crippen LogP contribution < -0.4 is 5.32 Å². The Morgan fingerprint density at radius 2 is 1.48 bits per heavy atom. The van der Waals surface area contributed by atoms with Gasteiger partial charge in [-0.3, -0.25) is 4.79 Å². The zero-order chi connectivity index (χ0) is 20.1. The van der Waals surface area contributed by atoms with Gasteiger partial charge in [0.05, 0.1) is 5.25 Å². The second-order valence-electron chi connectivity index (χ2n) is 6.73. The Morgan fingerprint density at radius 3 is 2.21 bits per heavy atom. The van der Waals surface area contributed by atoms with E-state index >= 15 is 0 Å². The Bertz CT molecular complexity index is 1120. The highest BCUT2D eigenvalue weighted by molar-refractivity contribution is 8.00. The standard InChI is InChI=1S/C24H21N3OS/c1-17(23(28)25-16-18-10-4-2-5-11-18)29-24-21-15-9-8-14-20(21)22(26-27-24)19-12-6-3-7-13-19/h2-15,17H,16H2,1H3,(H,25,28)/t17-/m0/s1. The summed E-state index contributed by atoms with van der Waals surface area (Å²) in [6.45, 7) is 2.41. The minimum absolute atomic E-state index is 0.0168. The van der Waals surface area contributed by atoms with Crippen LogP contribution in [0.2, 0.25) is 0 Å². The Kier molecular flexibility index (Phi) is 5.86. The normalized spacial score (nSPS) is 11.9. The molecular weight excluding hydrogens is 378 g/mol. The molecule has 1 N–H and O–H groups in total. The Morgan fingerprint density at radius 1 is 0.862 bits per heavy atom. The van der Waals surface area contributed by atoms with Gasteiger partial charge in [-0.25, -0.2) is 0 Å². The van der Waals surface area contributed by atoms with E-state index in [1.807, 2.05) is 85.8 Å². The zero-order valence-corrected chi connectivity index (χ0v) is 16.9. The lowest BCUT2D eigenvalue weighted by molar-refractivity contribution is -0.120. The molecule has 0 unspecified atom stereocenters. The lowest BCUT2D eigenvalue weighted by Gasteiger charge is -2.14. The topological polar surface area (TPSA) is 54.9 Å². The van der Waals surface area contributed by atoms with Crippen LogP contribution in [0.15, 0.2) is 90.0 Å². The van der Waals surface area contributed by atoms with Gasteiger partial charge in [0, 0.05) is 22.9 Å². The minimum atomic E-state index is -0.279. The predicted octanol–water partition coefficient (Wildman–Crippen LogP) is 5.09. The van der Waals surface area contributed by atoms with Gasteiger partial charge in [-0.2, -0.15) is 0 Å². The monoisotopic (exact) mass is 399 g/mol. The van der Waals surface area contributed by atoms with Crippen molar-refractivity contribution in [3.05, 3.63) is 90.5 Å². The molecule has 29 heavy (non-hydrogen) atoms. The highest BCUT2D eigenvalue weighted by atomic mass is 32.2. The number of thioether (sulfide) groups is 1. The summed E-state index contributed by atoms with van der Waals surface area (Å²) in [7, 11) is 0. The SMILES string of the molecule is C[C@H](Sc1nnc(-c2ccccc2)c2ccccc12)C(=O)NCc1ccccc1. The summed E-state index contributed by atoms with van der Waals surface area (Å²) in [5.74, 6) is -0.0168. The Labute approximate surface area is 174 Å². The van der Waals surface area contributed by atoms with Crippen molar-refractivity contribution in [1.29, 1.82) is 0 Å². The van der Waals surface area contributed by atoms with E-state index in [2.05, 4.69) is 21.6 Å². The number of benzene rings is 3. The number of amides is 1. The van der Waals surface area contributed by atoms with Crippen molar-refractivity contribution in [2.45, 2.75) is 23.7 Å². The summed E-state index contributed by atoms with van der Waals surface area (Å²) in [5.41, 5.74) is 2.96. The zero-order valence-electron chi connectivity index (χ0n) is 16.1. The van der Waals surface area contributed by atoms with Crippen molar-refractivity contribution in [2.75, 3.05) is 0 Å². The van der Waals surface area contributed by atoms with E-state index in [1.165, 1.54) is 11.8 Å². The molecule has 4 aromatic rings. The number of hydrogen-bond donors (Lipinski definition) is 1. The van der Waals surface area contributed by atoms with Crippen LogP contribution in [0.3, 0.4) is 0 Å². The van der Waals surface area contributed by atoms with E-state index in [4.69, 9.17) is 0 Å². The van der Waals surface area contributed by atoms with Crippen molar-refractivity contribution in [2.24, 2.45) is 0 Å². The molecule has 0 bridgehead atoms. The third-order valence-corrected chi connectivity index (χ3v) is 5.76. The molecule has 4 rings (SSSR count). The summed E-state index contributed by atoms with van der Waals surface area (Å²) in [5, 5.41) is 14.5. The molecule has 0 aliphatic rings. The third kappa shape index (κ3) is 4.46. The molecule has 0 spiro atoms. The summed E-state index contributed by atoms with van der Waals surface area (Å²) in [6, 6.07) is 28.0. The molecule has 1 amide bonds. The van der Waals surface area contributed by atoms with Gasteiger partial charge in [0.1, 0.15) is 10.7 Å². The average molecular weight is 400 g/mol. The van der Waals surface area contributed by atoms with Gasteiger partial charge in [-0.1, -0.05) is 96.7 Å². The number of carbonyl (C=O) groups excluding carboxylic acids is 1. The summed E-state index contributed by atoms with van der Waals surface area (Å²) < 4.78 is 0. The first-order valence-electron chi connectivity index (χ1n) is 9.51. The van der Waals surface area contributed by atoms with Gasteiger partial charge in [-0.05, 0) is 12.5 Å². The first-order valence-corrected chi connectivity index (χ1v) is 10.4. The smallest absolute Gasteiger partial charge is 0.233 e. The maximum Gasteiger partial charge on any atom is 0.233 e. The van der Waals surface area contributed by atoms with Crippen molar-refractivity contribution in [3.63, 3.8) is 0 Å². The highest BCUT2D eigenvalue weighted by Gasteiger charge is 2.18. The van der Waals surface area contributed by atoms with Gasteiger partial charge in [0.15, 0.2) is 0 Å². The fourth-order valence-electron chi connectivity index (χ4n) is 3.13. The van der Waals surface area contributed by atoms with Crippen LogP contribution in [0.1, 0.15) is 12.5 Å². The van der Waals surface area contributed by atoms with Crippen LogP contribution in [-0.2, 0) is 11.3 Å². The second-order valence-corrected chi connectivity index (χ2v) is 8.06. The number of nitrogens with zero attached hydrogens (tertiary/aromatic N) is 2. The first kappa shape index (κ1) is 19.2. The van der Waals surface area contributed by atoms with Gasteiger partial charge < -0.3 is 5.32 Å². The fourth-order valence-corrected chi connectivity index (χ4v) is 4.04. The molecule has 5 heteroatoms. The number of rotatable bonds is 6. The van der Waals surface area contributed by atoms with Crippen molar-refractivity contribution >= 4 is 28.4 Å². The Hall–Kier alpha value is -3.18. The summed E-state index contributed by atoms with van der Waals surface area (Å²) in [6.07, 6.45) is 0. The molecule has 3 aromatic carbocycles. The van der Waals surface area contributed by atoms with E-state index in [0.717, 1.165) is 32.6 Å².